The summed E-state index contributed by atoms with van der Waals surface area (Å²) in [5.41, 5.74) is 6.41. The lowest BCUT2D eigenvalue weighted by Gasteiger charge is -2.41. The van der Waals surface area contributed by atoms with Gasteiger partial charge in [0.25, 0.3) is 0 Å². The van der Waals surface area contributed by atoms with E-state index in [1.165, 1.54) is 5.69 Å². The van der Waals surface area contributed by atoms with Gasteiger partial charge in [-0.25, -0.2) is 17.9 Å². The third-order valence-electron chi connectivity index (χ3n) is 7.19. The molecule has 0 spiro atoms. The molecule has 38 heavy (non-hydrogen) atoms. The Morgan fingerprint density at radius 1 is 0.868 bits per heavy atom. The van der Waals surface area contributed by atoms with E-state index in [2.05, 4.69) is 58.2 Å². The van der Waals surface area contributed by atoms with Gasteiger partial charge in [-0.05, 0) is 48.6 Å². The molecule has 194 valence electrons. The van der Waals surface area contributed by atoms with Crippen molar-refractivity contribution in [3.63, 3.8) is 0 Å². The molecule has 0 radical (unpaired) electrons. The zero-order valence-corrected chi connectivity index (χ0v) is 22.4. The second-order valence-electron chi connectivity index (χ2n) is 10.1. The lowest BCUT2D eigenvalue weighted by molar-refractivity contribution is 0.432. The number of anilines is 2. The van der Waals surface area contributed by atoms with Crippen molar-refractivity contribution < 1.29 is 8.42 Å². The Morgan fingerprint density at radius 3 is 2.29 bits per heavy atom. The van der Waals surface area contributed by atoms with Gasteiger partial charge < -0.3 is 10.2 Å². The van der Waals surface area contributed by atoms with E-state index in [0.29, 0.717) is 17.8 Å². The number of hydrogen-bond acceptors (Lipinski definition) is 6. The van der Waals surface area contributed by atoms with Crippen molar-refractivity contribution in [1.29, 1.82) is 0 Å². The summed E-state index contributed by atoms with van der Waals surface area (Å²) < 4.78 is 28.2. The van der Waals surface area contributed by atoms with E-state index in [1.54, 1.807) is 10.6 Å². The summed E-state index contributed by atoms with van der Waals surface area (Å²) in [6, 6.07) is 21.0. The highest BCUT2D eigenvalue weighted by Crippen LogP contribution is 2.35. The zero-order chi connectivity index (χ0) is 26.4. The first-order valence-corrected chi connectivity index (χ1v) is 14.6. The Kier molecular flexibility index (Phi) is 6.04. The summed E-state index contributed by atoms with van der Waals surface area (Å²) in [7, 11) is -3.40. The molecule has 6 rings (SSSR count). The maximum Gasteiger partial charge on any atom is 0.229 e. The van der Waals surface area contributed by atoms with Crippen LogP contribution >= 0.6 is 0 Å². The summed E-state index contributed by atoms with van der Waals surface area (Å²) in [5, 5.41) is 9.84. The molecule has 1 fully saturated rings. The molecule has 0 unspecified atom stereocenters. The molecule has 8 nitrogen and oxygen atoms in total. The molecule has 0 saturated carbocycles. The predicted octanol–water partition coefficient (Wildman–Crippen LogP) is 4.77. The summed E-state index contributed by atoms with van der Waals surface area (Å²) in [5.74, 6) is 0. The minimum Gasteiger partial charge on any atom is -0.364 e. The molecule has 0 bridgehead atoms. The van der Waals surface area contributed by atoms with Crippen molar-refractivity contribution in [2.24, 2.45) is 0 Å². The lowest BCUT2D eigenvalue weighted by atomic mass is 9.99. The van der Waals surface area contributed by atoms with Gasteiger partial charge in [-0.3, -0.25) is 4.72 Å². The van der Waals surface area contributed by atoms with Crippen LogP contribution in [0.3, 0.4) is 0 Å². The minimum absolute atomic E-state index is 0.442. The van der Waals surface area contributed by atoms with E-state index in [4.69, 9.17) is 4.98 Å². The number of piperazine rings is 1. The first-order chi connectivity index (χ1) is 18.3. The minimum atomic E-state index is -3.40. The fourth-order valence-corrected chi connectivity index (χ4v) is 6.08. The molecule has 1 aliphatic heterocycles. The summed E-state index contributed by atoms with van der Waals surface area (Å²) in [6.45, 7) is 6.48. The smallest absolute Gasteiger partial charge is 0.229 e. The first-order valence-electron chi connectivity index (χ1n) is 12.7. The van der Waals surface area contributed by atoms with E-state index in [9.17, 15) is 8.42 Å². The largest absolute Gasteiger partial charge is 0.364 e. The summed E-state index contributed by atoms with van der Waals surface area (Å²) in [6.07, 6.45) is 6.85. The molecule has 1 aliphatic rings. The van der Waals surface area contributed by atoms with Gasteiger partial charge in [-0.2, -0.15) is 5.10 Å². The molecule has 0 aliphatic carbocycles. The van der Waals surface area contributed by atoms with E-state index in [0.717, 1.165) is 58.0 Å². The van der Waals surface area contributed by atoms with Crippen LogP contribution in [-0.2, 0) is 10.0 Å². The molecule has 9 heteroatoms. The van der Waals surface area contributed by atoms with Crippen molar-refractivity contribution in [3.05, 3.63) is 79.3 Å². The third-order valence-corrected chi connectivity index (χ3v) is 7.78. The maximum absolute atomic E-state index is 11.9. The van der Waals surface area contributed by atoms with Crippen molar-refractivity contribution >= 4 is 37.8 Å². The maximum atomic E-state index is 11.9. The number of fused-ring (bicyclic) bond motifs is 2. The van der Waals surface area contributed by atoms with Crippen LogP contribution in [0.2, 0.25) is 0 Å². The van der Waals surface area contributed by atoms with Crippen LogP contribution in [0.25, 0.3) is 38.7 Å². The van der Waals surface area contributed by atoms with Crippen LogP contribution in [0.1, 0.15) is 13.8 Å². The highest BCUT2D eigenvalue weighted by molar-refractivity contribution is 7.92. The molecule has 3 heterocycles. The number of sulfonamides is 1. The topological polar surface area (TPSA) is 91.6 Å². The Morgan fingerprint density at radius 2 is 1.58 bits per heavy atom. The van der Waals surface area contributed by atoms with Gasteiger partial charge in [0.15, 0.2) is 5.65 Å². The van der Waals surface area contributed by atoms with Gasteiger partial charge in [-0.1, -0.05) is 42.5 Å². The average Bonchev–Trinajstić information content (AvgIpc) is 3.31. The molecule has 5 aromatic rings. The molecule has 2 N–H and O–H groups in total. The first kappa shape index (κ1) is 24.4. The third kappa shape index (κ3) is 4.48. The number of aromatic nitrogens is 3. The molecular formula is C29H30N6O2S. The van der Waals surface area contributed by atoms with Crippen LogP contribution in [0.15, 0.2) is 79.3 Å². The molecule has 3 aromatic carbocycles. The van der Waals surface area contributed by atoms with Crippen LogP contribution in [0.5, 0.6) is 0 Å². The Hall–Kier alpha value is -3.95. The Balaban J connectivity index is 1.35. The average molecular weight is 527 g/mol. The second-order valence-corrected chi connectivity index (χ2v) is 11.8. The van der Waals surface area contributed by atoms with Crippen molar-refractivity contribution in [1.82, 2.24) is 19.9 Å². The van der Waals surface area contributed by atoms with E-state index in [1.807, 2.05) is 48.9 Å². The number of nitrogens with zero attached hydrogens (tertiary/aromatic N) is 4. The lowest BCUT2D eigenvalue weighted by Crippen LogP contribution is -2.55. The number of hydrogen-bond donors (Lipinski definition) is 2. The zero-order valence-electron chi connectivity index (χ0n) is 21.6. The predicted molar refractivity (Wildman–Crippen MR) is 154 cm³/mol. The molecule has 2 atom stereocenters. The number of nitrogens with one attached hydrogen (secondary N) is 2. The Bertz CT molecular complexity index is 1740. The molecular weight excluding hydrogens is 496 g/mol. The van der Waals surface area contributed by atoms with Crippen molar-refractivity contribution in [2.45, 2.75) is 25.9 Å². The second kappa shape index (κ2) is 9.41. The molecule has 2 aromatic heterocycles. The quantitative estimate of drug-likeness (QED) is 0.343. The van der Waals surface area contributed by atoms with Gasteiger partial charge in [0, 0.05) is 59.8 Å². The fourth-order valence-electron chi connectivity index (χ4n) is 5.50. The fraction of sp³-hybridized carbons (Fsp3) is 0.241. The van der Waals surface area contributed by atoms with Crippen LogP contribution in [-0.4, -0.2) is 54.4 Å². The monoisotopic (exact) mass is 526 g/mol. The van der Waals surface area contributed by atoms with Crippen LogP contribution < -0.4 is 14.9 Å². The van der Waals surface area contributed by atoms with Crippen molar-refractivity contribution in [2.75, 3.05) is 29.0 Å². The van der Waals surface area contributed by atoms with E-state index in [-0.39, 0.29) is 0 Å². The number of benzene rings is 3. The van der Waals surface area contributed by atoms with Crippen LogP contribution in [0, 0.1) is 0 Å². The van der Waals surface area contributed by atoms with Gasteiger partial charge in [0.1, 0.15) is 0 Å². The van der Waals surface area contributed by atoms with E-state index >= 15 is 0 Å². The number of rotatable bonds is 5. The highest BCUT2D eigenvalue weighted by Gasteiger charge is 2.24. The van der Waals surface area contributed by atoms with Crippen molar-refractivity contribution in [3.8, 4) is 22.3 Å². The van der Waals surface area contributed by atoms with E-state index < -0.39 is 10.0 Å². The molecule has 0 amide bonds. The Labute approximate surface area is 222 Å². The summed E-state index contributed by atoms with van der Waals surface area (Å²) in [4.78, 5) is 7.26. The van der Waals surface area contributed by atoms with Gasteiger partial charge in [0.05, 0.1) is 18.1 Å². The van der Waals surface area contributed by atoms with Gasteiger partial charge >= 0.3 is 0 Å². The standard InChI is InChI=1S/C29H30N6O2S/c1-19-14-30-15-20(2)35(19)23-10-8-21(9-11-23)22-16-31-29-27(17-32-34(29)18-22)25-12-13-28(33-38(3,36)37)26-7-5-4-6-24(25)26/h4-13,16-20,30,33H,14-15H2,1-3H3/t19-,20+. The van der Waals surface area contributed by atoms with Crippen LogP contribution in [0.4, 0.5) is 11.4 Å². The highest BCUT2D eigenvalue weighted by atomic mass is 32.2. The normalized spacial score (nSPS) is 18.2. The van der Waals surface area contributed by atoms with Gasteiger partial charge in [0.2, 0.25) is 10.0 Å². The van der Waals surface area contributed by atoms with Gasteiger partial charge in [-0.15, -0.1) is 0 Å². The summed E-state index contributed by atoms with van der Waals surface area (Å²) >= 11 is 0. The molecule has 1 saturated heterocycles. The SMILES string of the molecule is C[C@@H]1CNC[C@H](C)N1c1ccc(-c2cnc3c(-c4ccc(NS(C)(=O)=O)c5ccccc45)cnn3c2)cc1.